The average molecular weight is 370 g/mol. The summed E-state index contributed by atoms with van der Waals surface area (Å²) in [7, 11) is -4.38. The van der Waals surface area contributed by atoms with E-state index >= 15 is 0 Å². The summed E-state index contributed by atoms with van der Waals surface area (Å²) in [5.74, 6) is -2.48. The predicted molar refractivity (Wildman–Crippen MR) is 86.2 cm³/mol. The molecule has 0 heterocycles. The van der Waals surface area contributed by atoms with Gasteiger partial charge in [0, 0.05) is 6.07 Å². The Hall–Kier alpha value is -2.52. The third-order valence-corrected chi connectivity index (χ3v) is 4.49. The summed E-state index contributed by atoms with van der Waals surface area (Å²) in [5, 5.41) is 0. The van der Waals surface area contributed by atoms with Gasteiger partial charge in [-0.2, -0.15) is 0 Å². The lowest BCUT2D eigenvalue weighted by Crippen LogP contribution is -2.44. The van der Waals surface area contributed by atoms with Crippen molar-refractivity contribution in [2.24, 2.45) is 0 Å². The molecule has 0 radical (unpaired) electrons. The number of aryl methyl sites for hydroxylation is 2. The molecule has 9 heteroatoms. The van der Waals surface area contributed by atoms with Crippen molar-refractivity contribution < 1.29 is 26.7 Å². The summed E-state index contributed by atoms with van der Waals surface area (Å²) in [6.45, 7) is 3.21. The van der Waals surface area contributed by atoms with Crippen LogP contribution in [0.1, 0.15) is 11.1 Å². The standard InChI is InChI=1S/C16H16F2N2O4S/c1-10-3-4-11(2)14(7-10)24-9-16(21)19-20-25(22,23)15-6-5-12(17)8-13(15)18/h3-8,20H,9H2,1-2H3,(H,19,21). The second kappa shape index (κ2) is 7.58. The highest BCUT2D eigenvalue weighted by molar-refractivity contribution is 7.89. The Morgan fingerprint density at radius 3 is 2.52 bits per heavy atom. The first kappa shape index (κ1) is 18.8. The van der Waals surface area contributed by atoms with Crippen LogP contribution in [0.15, 0.2) is 41.3 Å². The topological polar surface area (TPSA) is 84.5 Å². The van der Waals surface area contributed by atoms with Gasteiger partial charge in [-0.3, -0.25) is 10.2 Å². The third kappa shape index (κ3) is 4.97. The van der Waals surface area contributed by atoms with Gasteiger partial charge >= 0.3 is 0 Å². The van der Waals surface area contributed by atoms with Crippen LogP contribution in [0, 0.1) is 25.5 Å². The van der Waals surface area contributed by atoms with Gasteiger partial charge < -0.3 is 4.74 Å². The Morgan fingerprint density at radius 2 is 1.84 bits per heavy atom. The molecular formula is C16H16F2N2O4S. The van der Waals surface area contributed by atoms with E-state index in [1.54, 1.807) is 17.8 Å². The van der Waals surface area contributed by atoms with E-state index in [9.17, 15) is 22.0 Å². The molecule has 0 aliphatic rings. The van der Waals surface area contributed by atoms with Gasteiger partial charge in [0.15, 0.2) is 6.61 Å². The fourth-order valence-corrected chi connectivity index (χ4v) is 2.84. The van der Waals surface area contributed by atoms with Gasteiger partial charge in [0.1, 0.15) is 22.3 Å². The van der Waals surface area contributed by atoms with E-state index in [1.807, 2.05) is 24.5 Å². The van der Waals surface area contributed by atoms with Gasteiger partial charge in [-0.1, -0.05) is 12.1 Å². The molecule has 2 aromatic rings. The van der Waals surface area contributed by atoms with Crippen molar-refractivity contribution in [3.05, 3.63) is 59.2 Å². The Labute approximate surface area is 143 Å². The van der Waals surface area contributed by atoms with Crippen LogP contribution >= 0.6 is 0 Å². The van der Waals surface area contributed by atoms with E-state index in [0.29, 0.717) is 11.8 Å². The molecule has 25 heavy (non-hydrogen) atoms. The maximum Gasteiger partial charge on any atom is 0.272 e. The number of halogens is 2. The molecule has 0 aliphatic heterocycles. The van der Waals surface area contributed by atoms with Crippen LogP contribution in [-0.2, 0) is 14.8 Å². The minimum absolute atomic E-state index is 0.431. The minimum Gasteiger partial charge on any atom is -0.483 e. The SMILES string of the molecule is Cc1ccc(C)c(OCC(=O)NNS(=O)(=O)c2ccc(F)cc2F)c1. The predicted octanol–water partition coefficient (Wildman–Crippen LogP) is 1.97. The smallest absolute Gasteiger partial charge is 0.272 e. The molecule has 134 valence electrons. The molecule has 0 unspecified atom stereocenters. The first-order chi connectivity index (χ1) is 11.7. The number of hydrazine groups is 1. The maximum absolute atomic E-state index is 13.5. The van der Waals surface area contributed by atoms with Crippen LogP contribution < -0.4 is 15.0 Å². The molecule has 0 atom stereocenters. The quantitative estimate of drug-likeness (QED) is 0.762. The van der Waals surface area contributed by atoms with Crippen LogP contribution in [0.25, 0.3) is 0 Å². The lowest BCUT2D eigenvalue weighted by Gasteiger charge is -2.11. The van der Waals surface area contributed by atoms with E-state index in [0.717, 1.165) is 23.3 Å². The molecule has 0 aromatic heterocycles. The average Bonchev–Trinajstić information content (AvgIpc) is 2.53. The monoisotopic (exact) mass is 370 g/mol. The van der Waals surface area contributed by atoms with Crippen molar-refractivity contribution in [3.8, 4) is 5.75 Å². The molecule has 0 saturated carbocycles. The van der Waals surface area contributed by atoms with Crippen LogP contribution in [0.5, 0.6) is 5.75 Å². The molecule has 0 spiro atoms. The van der Waals surface area contributed by atoms with E-state index in [2.05, 4.69) is 0 Å². The van der Waals surface area contributed by atoms with Crippen LogP contribution in [-0.4, -0.2) is 20.9 Å². The summed E-state index contributed by atoms with van der Waals surface area (Å²) in [6.07, 6.45) is 0. The minimum atomic E-state index is -4.38. The summed E-state index contributed by atoms with van der Waals surface area (Å²) in [4.78, 5) is 12.7. The molecule has 6 nitrogen and oxygen atoms in total. The van der Waals surface area contributed by atoms with Crippen LogP contribution in [0.3, 0.4) is 0 Å². The van der Waals surface area contributed by atoms with Gasteiger partial charge in [0.25, 0.3) is 15.9 Å². The van der Waals surface area contributed by atoms with Gasteiger partial charge in [-0.25, -0.2) is 17.2 Å². The number of carbonyl (C=O) groups excluding carboxylic acids is 1. The number of amides is 1. The molecule has 1 amide bonds. The van der Waals surface area contributed by atoms with E-state index in [4.69, 9.17) is 4.74 Å². The maximum atomic E-state index is 13.5. The summed E-state index contributed by atoms with van der Waals surface area (Å²) >= 11 is 0. The van der Waals surface area contributed by atoms with Gasteiger partial charge in [0.2, 0.25) is 0 Å². The van der Waals surface area contributed by atoms with Crippen molar-refractivity contribution in [2.45, 2.75) is 18.7 Å². The van der Waals surface area contributed by atoms with E-state index in [1.165, 1.54) is 0 Å². The lowest BCUT2D eigenvalue weighted by atomic mass is 10.1. The van der Waals surface area contributed by atoms with Crippen LogP contribution in [0.4, 0.5) is 8.78 Å². The molecular weight excluding hydrogens is 354 g/mol. The molecule has 2 aromatic carbocycles. The molecule has 2 N–H and O–H groups in total. The van der Waals surface area contributed by atoms with Gasteiger partial charge in [-0.15, -0.1) is 4.83 Å². The highest BCUT2D eigenvalue weighted by Gasteiger charge is 2.20. The molecule has 2 rings (SSSR count). The van der Waals surface area contributed by atoms with Crippen molar-refractivity contribution in [1.82, 2.24) is 10.3 Å². The summed E-state index contributed by atoms with van der Waals surface area (Å²) in [6, 6.07) is 7.42. The zero-order valence-electron chi connectivity index (χ0n) is 13.5. The number of hydrogen-bond donors (Lipinski definition) is 2. The Morgan fingerprint density at radius 1 is 1.12 bits per heavy atom. The highest BCUT2D eigenvalue weighted by Crippen LogP contribution is 2.19. The second-order valence-corrected chi connectivity index (χ2v) is 6.94. The summed E-state index contributed by atoms with van der Waals surface area (Å²) < 4.78 is 55.5. The number of carbonyl (C=O) groups is 1. The zero-order valence-corrected chi connectivity index (χ0v) is 14.3. The number of nitrogens with one attached hydrogen (secondary N) is 2. The normalized spacial score (nSPS) is 11.2. The lowest BCUT2D eigenvalue weighted by molar-refractivity contribution is -0.123. The Kier molecular flexibility index (Phi) is 5.70. The molecule has 0 saturated heterocycles. The second-order valence-electron chi connectivity index (χ2n) is 5.29. The number of ether oxygens (including phenoxy) is 1. The van der Waals surface area contributed by atoms with Crippen molar-refractivity contribution in [1.29, 1.82) is 0 Å². The number of rotatable bonds is 6. The van der Waals surface area contributed by atoms with Crippen molar-refractivity contribution in [3.63, 3.8) is 0 Å². The molecule has 0 bridgehead atoms. The number of hydrogen-bond acceptors (Lipinski definition) is 4. The fourth-order valence-electron chi connectivity index (χ4n) is 1.91. The van der Waals surface area contributed by atoms with E-state index in [-0.39, 0.29) is 0 Å². The number of sulfonamides is 1. The largest absolute Gasteiger partial charge is 0.483 e. The third-order valence-electron chi connectivity index (χ3n) is 3.21. The Bertz CT molecular complexity index is 901. The fraction of sp³-hybridized carbons (Fsp3) is 0.188. The zero-order chi connectivity index (χ0) is 18.6. The molecule has 0 fully saturated rings. The van der Waals surface area contributed by atoms with Gasteiger partial charge in [-0.05, 0) is 43.2 Å². The van der Waals surface area contributed by atoms with E-state index < -0.39 is 39.1 Å². The number of benzene rings is 2. The van der Waals surface area contributed by atoms with Crippen molar-refractivity contribution >= 4 is 15.9 Å². The van der Waals surface area contributed by atoms with Crippen LogP contribution in [0.2, 0.25) is 0 Å². The molecule has 0 aliphatic carbocycles. The summed E-state index contributed by atoms with van der Waals surface area (Å²) in [5.41, 5.74) is 3.66. The highest BCUT2D eigenvalue weighted by atomic mass is 32.2. The first-order valence-electron chi connectivity index (χ1n) is 7.15. The van der Waals surface area contributed by atoms with Crippen molar-refractivity contribution in [2.75, 3.05) is 6.61 Å². The van der Waals surface area contributed by atoms with Gasteiger partial charge in [0.05, 0.1) is 0 Å². The Balaban J connectivity index is 1.96. The first-order valence-corrected chi connectivity index (χ1v) is 8.63.